The summed E-state index contributed by atoms with van der Waals surface area (Å²) in [6, 6.07) is 13.7. The quantitative estimate of drug-likeness (QED) is 0.399. The van der Waals surface area contributed by atoms with Gasteiger partial charge in [0.05, 0.1) is 29.3 Å². The Morgan fingerprint density at radius 3 is 2.47 bits per heavy atom. The molecule has 1 aliphatic rings. The summed E-state index contributed by atoms with van der Waals surface area (Å²) in [5.74, 6) is -0.715. The van der Waals surface area contributed by atoms with E-state index in [2.05, 4.69) is 10.6 Å². The van der Waals surface area contributed by atoms with Gasteiger partial charge in [-0.15, -0.1) is 11.3 Å². The summed E-state index contributed by atoms with van der Waals surface area (Å²) in [5.41, 5.74) is 2.51. The third kappa shape index (κ3) is 4.63. The van der Waals surface area contributed by atoms with Gasteiger partial charge >= 0.3 is 0 Å². The van der Waals surface area contributed by atoms with Crippen molar-refractivity contribution < 1.29 is 19.2 Å². The van der Waals surface area contributed by atoms with Crippen LogP contribution < -0.4 is 10.6 Å². The van der Waals surface area contributed by atoms with Crippen molar-refractivity contribution in [3.8, 4) is 10.4 Å². The zero-order valence-electron chi connectivity index (χ0n) is 18.8. The first-order valence-electron chi connectivity index (χ1n) is 10.7. The smallest absolute Gasteiger partial charge is 0.270 e. The lowest BCUT2D eigenvalue weighted by Gasteiger charge is -2.27. The lowest BCUT2D eigenvalue weighted by molar-refractivity contribution is -0.384. The van der Waals surface area contributed by atoms with Gasteiger partial charge in [-0.3, -0.25) is 19.7 Å². The number of carbonyl (C=O) groups excluding carboxylic acids is 2. The first-order chi connectivity index (χ1) is 16.4. The third-order valence-corrected chi connectivity index (χ3v) is 6.91. The molecule has 3 aromatic rings. The van der Waals surface area contributed by atoms with Crippen molar-refractivity contribution >= 4 is 39.5 Å². The number of hydrogen-bond donors (Lipinski definition) is 2. The lowest BCUT2D eigenvalue weighted by Crippen LogP contribution is -2.41. The first-order valence-corrected chi connectivity index (χ1v) is 11.6. The second kappa shape index (κ2) is 10.0. The summed E-state index contributed by atoms with van der Waals surface area (Å²) in [4.78, 5) is 40.1. The number of amides is 2. The average Bonchev–Trinajstić information content (AvgIpc) is 3.19. The molecule has 0 radical (unpaired) electrons. The van der Waals surface area contributed by atoms with E-state index in [1.54, 1.807) is 11.9 Å². The molecule has 176 valence electrons. The van der Waals surface area contributed by atoms with Gasteiger partial charge in [-0.25, -0.2) is 0 Å². The fraction of sp³-hybridized carbons (Fsp3) is 0.250. The number of thiophene rings is 1. The Labute approximate surface area is 200 Å². The molecule has 2 N–H and O–H groups in total. The number of nitrogens with zero attached hydrogens (tertiary/aromatic N) is 2. The molecule has 1 aromatic heterocycles. The molecule has 0 spiro atoms. The number of ether oxygens (including phenoxy) is 1. The highest BCUT2D eigenvalue weighted by Gasteiger charge is 2.28. The summed E-state index contributed by atoms with van der Waals surface area (Å²) in [7, 11) is 1.63. The van der Waals surface area contributed by atoms with Crippen LogP contribution in [0.5, 0.6) is 0 Å². The van der Waals surface area contributed by atoms with Crippen LogP contribution in [0.2, 0.25) is 0 Å². The third-order valence-electron chi connectivity index (χ3n) is 5.65. The second-order valence-corrected chi connectivity index (χ2v) is 8.74. The van der Waals surface area contributed by atoms with Crippen molar-refractivity contribution in [1.82, 2.24) is 4.90 Å². The Hall–Kier alpha value is -3.76. The minimum atomic E-state index is -0.549. The molecule has 1 fully saturated rings. The van der Waals surface area contributed by atoms with E-state index in [-0.39, 0.29) is 17.2 Å². The fourth-order valence-electron chi connectivity index (χ4n) is 3.87. The maximum atomic E-state index is 13.5. The van der Waals surface area contributed by atoms with E-state index in [4.69, 9.17) is 4.74 Å². The Balaban J connectivity index is 1.76. The van der Waals surface area contributed by atoms with Gasteiger partial charge in [0.25, 0.3) is 17.5 Å². The highest BCUT2D eigenvalue weighted by molar-refractivity contribution is 7.20. The molecular weight excluding hydrogens is 456 g/mol. The molecule has 9 nitrogen and oxygen atoms in total. The molecular formula is C24H24N4O5S. The summed E-state index contributed by atoms with van der Waals surface area (Å²) in [6.45, 7) is 3.73. The van der Waals surface area contributed by atoms with Crippen molar-refractivity contribution in [3.63, 3.8) is 0 Å². The molecule has 0 atom stereocenters. The topological polar surface area (TPSA) is 114 Å². The second-order valence-electron chi connectivity index (χ2n) is 7.72. The summed E-state index contributed by atoms with van der Waals surface area (Å²) in [6.07, 6.45) is 0. The van der Waals surface area contributed by atoms with Crippen molar-refractivity contribution in [2.24, 2.45) is 0 Å². The van der Waals surface area contributed by atoms with Gasteiger partial charge in [-0.05, 0) is 24.1 Å². The lowest BCUT2D eigenvalue weighted by atomic mass is 10.1. The molecule has 4 rings (SSSR count). The van der Waals surface area contributed by atoms with E-state index in [0.29, 0.717) is 42.6 Å². The van der Waals surface area contributed by atoms with Crippen LogP contribution in [0.4, 0.5) is 16.4 Å². The van der Waals surface area contributed by atoms with E-state index < -0.39 is 10.8 Å². The monoisotopic (exact) mass is 480 g/mol. The maximum Gasteiger partial charge on any atom is 0.270 e. The largest absolute Gasteiger partial charge is 0.387 e. The van der Waals surface area contributed by atoms with E-state index in [1.165, 1.54) is 29.5 Å². The molecule has 0 bridgehead atoms. The van der Waals surface area contributed by atoms with Crippen LogP contribution in [-0.2, 0) is 4.74 Å². The van der Waals surface area contributed by atoms with Crippen molar-refractivity contribution in [2.75, 3.05) is 44.0 Å². The molecule has 0 unspecified atom stereocenters. The van der Waals surface area contributed by atoms with Crippen molar-refractivity contribution in [3.05, 3.63) is 75.3 Å². The van der Waals surface area contributed by atoms with Gasteiger partial charge in [-0.1, -0.05) is 30.3 Å². The van der Waals surface area contributed by atoms with Crippen LogP contribution in [0.1, 0.15) is 26.3 Å². The number of nitro benzene ring substituents is 1. The molecule has 0 saturated carbocycles. The SMILES string of the molecule is CNc1ccc([N+](=O)[O-])cc1C(=O)Nc1sc(-c2ccccc2)c(C)c1C(=O)N1CCOCC1. The summed E-state index contributed by atoms with van der Waals surface area (Å²) < 4.78 is 5.38. The molecule has 10 heteroatoms. The normalized spacial score (nSPS) is 13.4. The Kier molecular flexibility index (Phi) is 6.90. The zero-order chi connectivity index (χ0) is 24.2. The number of benzene rings is 2. The van der Waals surface area contributed by atoms with E-state index in [1.807, 2.05) is 37.3 Å². The zero-order valence-corrected chi connectivity index (χ0v) is 19.6. The van der Waals surface area contributed by atoms with Crippen LogP contribution in [0.15, 0.2) is 48.5 Å². The Bertz CT molecular complexity index is 1240. The van der Waals surface area contributed by atoms with Gasteiger partial charge < -0.3 is 20.3 Å². The predicted molar refractivity (Wildman–Crippen MR) is 132 cm³/mol. The van der Waals surface area contributed by atoms with E-state index in [0.717, 1.165) is 16.0 Å². The number of non-ortho nitro benzene ring substituents is 1. The number of nitrogens with one attached hydrogen (secondary N) is 2. The van der Waals surface area contributed by atoms with Gasteiger partial charge in [0.15, 0.2) is 0 Å². The van der Waals surface area contributed by atoms with Gasteiger partial charge in [0.2, 0.25) is 0 Å². The summed E-state index contributed by atoms with van der Waals surface area (Å²) in [5, 5.41) is 17.4. The Morgan fingerprint density at radius 1 is 1.12 bits per heavy atom. The maximum absolute atomic E-state index is 13.5. The fourth-order valence-corrected chi connectivity index (χ4v) is 5.07. The number of morpholine rings is 1. The number of hydrogen-bond acceptors (Lipinski definition) is 7. The molecule has 2 aromatic carbocycles. The Morgan fingerprint density at radius 2 is 1.82 bits per heavy atom. The standard InChI is InChI=1S/C24H24N4O5S/c1-15-20(24(30)27-10-12-33-13-11-27)23(34-21(15)16-6-4-3-5-7-16)26-22(29)18-14-17(28(31)32)8-9-19(18)25-2/h3-9,14,25H,10-13H2,1-2H3,(H,26,29). The predicted octanol–water partition coefficient (Wildman–Crippen LogP) is 4.40. The van der Waals surface area contributed by atoms with Gasteiger partial charge in [0.1, 0.15) is 5.00 Å². The molecule has 1 saturated heterocycles. The average molecular weight is 481 g/mol. The van der Waals surface area contributed by atoms with Crippen LogP contribution >= 0.6 is 11.3 Å². The number of carbonyl (C=O) groups is 2. The van der Waals surface area contributed by atoms with E-state index in [9.17, 15) is 19.7 Å². The summed E-state index contributed by atoms with van der Waals surface area (Å²) >= 11 is 1.31. The molecule has 34 heavy (non-hydrogen) atoms. The number of anilines is 2. The van der Waals surface area contributed by atoms with Crippen molar-refractivity contribution in [2.45, 2.75) is 6.92 Å². The van der Waals surface area contributed by atoms with Crippen molar-refractivity contribution in [1.29, 1.82) is 0 Å². The highest BCUT2D eigenvalue weighted by atomic mass is 32.1. The molecule has 2 amide bonds. The minimum absolute atomic E-state index is 0.119. The minimum Gasteiger partial charge on any atom is -0.387 e. The number of nitro groups is 1. The van der Waals surface area contributed by atoms with Crippen LogP contribution in [0.3, 0.4) is 0 Å². The van der Waals surface area contributed by atoms with E-state index >= 15 is 0 Å². The van der Waals surface area contributed by atoms with Crippen LogP contribution in [0, 0.1) is 17.0 Å². The number of rotatable bonds is 6. The molecule has 0 aliphatic carbocycles. The van der Waals surface area contributed by atoms with Crippen LogP contribution in [0.25, 0.3) is 10.4 Å². The van der Waals surface area contributed by atoms with Crippen LogP contribution in [-0.4, -0.2) is 55.0 Å². The first kappa shape index (κ1) is 23.4. The van der Waals surface area contributed by atoms with Gasteiger partial charge in [-0.2, -0.15) is 0 Å². The molecule has 2 heterocycles. The highest BCUT2D eigenvalue weighted by Crippen LogP contribution is 2.41. The van der Waals surface area contributed by atoms with Gasteiger partial charge in [0, 0.05) is 42.8 Å². The molecule has 1 aliphatic heterocycles.